The maximum atomic E-state index is 11.6. The van der Waals surface area contributed by atoms with Crippen molar-refractivity contribution in [2.75, 3.05) is 0 Å². The Morgan fingerprint density at radius 2 is 2.40 bits per heavy atom. The smallest absolute Gasteiger partial charge is 0.243 e. The van der Waals surface area contributed by atoms with Crippen LogP contribution in [0.25, 0.3) is 0 Å². The van der Waals surface area contributed by atoms with Crippen LogP contribution < -0.4 is 0 Å². The van der Waals surface area contributed by atoms with Gasteiger partial charge in [-0.3, -0.25) is 0 Å². The fourth-order valence-electron chi connectivity index (χ4n) is 0.866. The van der Waals surface area contributed by atoms with Gasteiger partial charge < -0.3 is 0 Å². The van der Waals surface area contributed by atoms with E-state index in [0.717, 1.165) is 9.36 Å². The molecule has 2 aromatic heterocycles. The van der Waals surface area contributed by atoms with Crippen LogP contribution in [0.15, 0.2) is 12.7 Å². The quantitative estimate of drug-likeness (QED) is 0.618. The standard InChI is InChI=1S/C6H2ClN7O/c7-5-11-4(1-8)12-14(5)6(15)13-3-9-2-10-13/h2-3H. The zero-order valence-electron chi connectivity index (χ0n) is 7.07. The minimum absolute atomic E-state index is 0.187. The van der Waals surface area contributed by atoms with E-state index in [-0.39, 0.29) is 11.1 Å². The molecule has 0 saturated heterocycles. The van der Waals surface area contributed by atoms with Crippen LogP contribution in [0.3, 0.4) is 0 Å². The van der Waals surface area contributed by atoms with Crippen molar-refractivity contribution < 1.29 is 4.79 Å². The van der Waals surface area contributed by atoms with Gasteiger partial charge in [0.25, 0.3) is 5.82 Å². The molecule has 2 rings (SSSR count). The van der Waals surface area contributed by atoms with Gasteiger partial charge in [-0.25, -0.2) is 9.78 Å². The molecule has 0 aromatic carbocycles. The van der Waals surface area contributed by atoms with E-state index in [0.29, 0.717) is 0 Å². The fraction of sp³-hybridized carbons (Fsp3) is 0. The van der Waals surface area contributed by atoms with Crippen molar-refractivity contribution in [3.05, 3.63) is 23.8 Å². The van der Waals surface area contributed by atoms with Gasteiger partial charge in [-0.2, -0.15) is 20.0 Å². The molecule has 0 spiro atoms. The van der Waals surface area contributed by atoms with E-state index in [1.165, 1.54) is 12.7 Å². The summed E-state index contributed by atoms with van der Waals surface area (Å²) in [4.78, 5) is 18.7. The third kappa shape index (κ3) is 1.55. The Bertz CT molecular complexity index is 536. The molecule has 0 aliphatic heterocycles. The summed E-state index contributed by atoms with van der Waals surface area (Å²) in [5, 5.41) is 15.4. The molecule has 0 N–H and O–H groups in total. The predicted octanol–water partition coefficient (Wildman–Crippen LogP) is -0.0889. The lowest BCUT2D eigenvalue weighted by Gasteiger charge is -1.97. The van der Waals surface area contributed by atoms with E-state index in [1.54, 1.807) is 6.07 Å². The highest BCUT2D eigenvalue weighted by Gasteiger charge is 2.16. The van der Waals surface area contributed by atoms with Gasteiger partial charge in [-0.1, -0.05) is 0 Å². The van der Waals surface area contributed by atoms with Crippen LogP contribution >= 0.6 is 11.6 Å². The summed E-state index contributed by atoms with van der Waals surface area (Å²) in [5.74, 6) is -0.187. The molecule has 0 aliphatic rings. The lowest BCUT2D eigenvalue weighted by Crippen LogP contribution is -2.21. The van der Waals surface area contributed by atoms with Crippen molar-refractivity contribution in [3.8, 4) is 6.07 Å². The van der Waals surface area contributed by atoms with E-state index < -0.39 is 6.03 Å². The molecule has 0 radical (unpaired) electrons. The monoisotopic (exact) mass is 223 g/mol. The first-order chi connectivity index (χ1) is 7.22. The summed E-state index contributed by atoms with van der Waals surface area (Å²) >= 11 is 5.59. The molecule has 0 atom stereocenters. The zero-order chi connectivity index (χ0) is 10.8. The number of nitrogens with zero attached hydrogens (tertiary/aromatic N) is 7. The molecule has 0 amide bonds. The molecule has 74 valence electrons. The van der Waals surface area contributed by atoms with Gasteiger partial charge in [0.2, 0.25) is 5.28 Å². The van der Waals surface area contributed by atoms with E-state index in [1.807, 2.05) is 0 Å². The molecular formula is C6H2ClN7O. The number of nitriles is 1. The molecule has 2 heterocycles. The molecule has 0 unspecified atom stereocenters. The SMILES string of the molecule is N#Cc1nc(Cl)n(C(=O)n2cncn2)n1. The molecule has 0 bridgehead atoms. The number of carbonyl (C=O) groups excluding carboxylic acids is 1. The summed E-state index contributed by atoms with van der Waals surface area (Å²) in [6.45, 7) is 0. The Kier molecular flexibility index (Phi) is 2.15. The maximum absolute atomic E-state index is 11.6. The van der Waals surface area contributed by atoms with E-state index in [9.17, 15) is 4.79 Å². The van der Waals surface area contributed by atoms with Gasteiger partial charge in [0.05, 0.1) is 0 Å². The van der Waals surface area contributed by atoms with Crippen LogP contribution in [0.1, 0.15) is 5.82 Å². The minimum atomic E-state index is -0.661. The largest absolute Gasteiger partial charge is 0.373 e. The van der Waals surface area contributed by atoms with Crippen molar-refractivity contribution in [3.63, 3.8) is 0 Å². The normalized spacial score (nSPS) is 9.87. The first-order valence-corrected chi connectivity index (χ1v) is 4.02. The third-order valence-electron chi connectivity index (χ3n) is 1.46. The molecule has 9 heteroatoms. The second-order valence-electron chi connectivity index (χ2n) is 2.35. The second-order valence-corrected chi connectivity index (χ2v) is 2.69. The maximum Gasteiger partial charge on any atom is 0.373 e. The summed E-state index contributed by atoms with van der Waals surface area (Å²) in [6, 6.07) is 1.00. The highest BCUT2D eigenvalue weighted by atomic mass is 35.5. The van der Waals surface area contributed by atoms with E-state index in [4.69, 9.17) is 16.9 Å². The molecule has 0 saturated carbocycles. The van der Waals surface area contributed by atoms with Crippen molar-refractivity contribution in [1.29, 1.82) is 5.26 Å². The van der Waals surface area contributed by atoms with Gasteiger partial charge in [0.15, 0.2) is 0 Å². The summed E-state index contributed by atoms with van der Waals surface area (Å²) < 4.78 is 1.68. The van der Waals surface area contributed by atoms with Gasteiger partial charge in [0, 0.05) is 0 Å². The zero-order valence-corrected chi connectivity index (χ0v) is 7.83. The number of rotatable bonds is 0. The number of carbonyl (C=O) groups is 1. The average molecular weight is 224 g/mol. The first kappa shape index (κ1) is 9.29. The van der Waals surface area contributed by atoms with Crippen molar-refractivity contribution in [1.82, 2.24) is 29.5 Å². The Labute approximate surface area is 87.7 Å². The summed E-state index contributed by atoms with van der Waals surface area (Å²) in [6.07, 6.45) is 2.38. The van der Waals surface area contributed by atoms with Crippen LogP contribution in [0.5, 0.6) is 0 Å². The van der Waals surface area contributed by atoms with Gasteiger partial charge >= 0.3 is 6.03 Å². The topological polar surface area (TPSA) is 102 Å². The molecule has 0 aliphatic carbocycles. The van der Waals surface area contributed by atoms with E-state index in [2.05, 4.69) is 20.2 Å². The minimum Gasteiger partial charge on any atom is -0.243 e. The van der Waals surface area contributed by atoms with Gasteiger partial charge in [0.1, 0.15) is 18.7 Å². The van der Waals surface area contributed by atoms with Gasteiger partial charge in [-0.15, -0.1) is 9.78 Å². The van der Waals surface area contributed by atoms with Crippen LogP contribution in [0.2, 0.25) is 5.28 Å². The van der Waals surface area contributed by atoms with Crippen LogP contribution in [-0.4, -0.2) is 35.6 Å². The van der Waals surface area contributed by atoms with Crippen LogP contribution in [-0.2, 0) is 0 Å². The Hall–Kier alpha value is -2.27. The highest BCUT2D eigenvalue weighted by Crippen LogP contribution is 2.05. The number of hydrogen-bond donors (Lipinski definition) is 0. The Balaban J connectivity index is 2.43. The Morgan fingerprint density at radius 1 is 1.60 bits per heavy atom. The number of hydrogen-bond acceptors (Lipinski definition) is 6. The molecule has 8 nitrogen and oxygen atoms in total. The fourth-order valence-corrected chi connectivity index (χ4v) is 1.06. The molecule has 2 aromatic rings. The van der Waals surface area contributed by atoms with Crippen molar-refractivity contribution >= 4 is 17.6 Å². The third-order valence-corrected chi connectivity index (χ3v) is 1.71. The van der Waals surface area contributed by atoms with Crippen molar-refractivity contribution in [2.45, 2.75) is 0 Å². The molecule has 0 fully saturated rings. The first-order valence-electron chi connectivity index (χ1n) is 3.64. The molecule has 15 heavy (non-hydrogen) atoms. The number of halogens is 1. The van der Waals surface area contributed by atoms with Crippen LogP contribution in [0.4, 0.5) is 4.79 Å². The summed E-state index contributed by atoms with van der Waals surface area (Å²) in [5.41, 5.74) is 0. The van der Waals surface area contributed by atoms with Gasteiger partial charge in [-0.05, 0) is 11.6 Å². The van der Waals surface area contributed by atoms with E-state index >= 15 is 0 Å². The second kappa shape index (κ2) is 3.47. The lowest BCUT2D eigenvalue weighted by atomic mass is 10.7. The van der Waals surface area contributed by atoms with Crippen LogP contribution in [0, 0.1) is 11.3 Å². The summed E-state index contributed by atoms with van der Waals surface area (Å²) in [7, 11) is 0. The molecular weight excluding hydrogens is 222 g/mol. The average Bonchev–Trinajstić information content (AvgIpc) is 2.85. The lowest BCUT2D eigenvalue weighted by molar-refractivity contribution is 0.238. The number of aromatic nitrogens is 6. The highest BCUT2D eigenvalue weighted by molar-refractivity contribution is 6.29. The predicted molar refractivity (Wildman–Crippen MR) is 46.0 cm³/mol. The van der Waals surface area contributed by atoms with Crippen molar-refractivity contribution in [2.24, 2.45) is 0 Å². The Morgan fingerprint density at radius 3 is 2.93 bits per heavy atom.